The van der Waals surface area contributed by atoms with Crippen LogP contribution in [0.15, 0.2) is 65.3 Å². The number of benzene rings is 2. The molecule has 1 heterocycles. The molecule has 0 N–H and O–H groups in total. The first-order chi connectivity index (χ1) is 9.83. The van der Waals surface area contributed by atoms with E-state index in [1.165, 1.54) is 0 Å². The summed E-state index contributed by atoms with van der Waals surface area (Å²) in [4.78, 5) is 4.43. The van der Waals surface area contributed by atoms with Gasteiger partial charge in [0.2, 0.25) is 5.89 Å². The maximum Gasteiger partial charge on any atom is 0.226 e. The Hall–Kier alpha value is -1.82. The summed E-state index contributed by atoms with van der Waals surface area (Å²) in [6.45, 7) is 0.399. The highest BCUT2D eigenvalue weighted by atomic mass is 127. The summed E-state index contributed by atoms with van der Waals surface area (Å²) in [7, 11) is 0. The van der Waals surface area contributed by atoms with E-state index in [1.807, 2.05) is 54.6 Å². The fourth-order valence-corrected chi connectivity index (χ4v) is 2.34. The Kier molecular flexibility index (Phi) is 4.01. The van der Waals surface area contributed by atoms with E-state index in [0.717, 1.165) is 20.6 Å². The number of nitrogens with zero attached hydrogens (tertiary/aromatic N) is 1. The van der Waals surface area contributed by atoms with Crippen molar-refractivity contribution in [3.8, 4) is 17.2 Å². The van der Waals surface area contributed by atoms with Crippen molar-refractivity contribution in [1.82, 2.24) is 4.98 Å². The second-order valence-electron chi connectivity index (χ2n) is 4.23. The van der Waals surface area contributed by atoms with Crippen molar-refractivity contribution in [3.05, 3.63) is 70.1 Å². The maximum atomic E-state index is 5.74. The zero-order valence-electron chi connectivity index (χ0n) is 10.6. The minimum absolute atomic E-state index is 0.399. The Bertz CT molecular complexity index is 694. The molecule has 0 amide bonds. The molecule has 4 heteroatoms. The first kappa shape index (κ1) is 13.2. The fourth-order valence-electron chi connectivity index (χ4n) is 1.80. The van der Waals surface area contributed by atoms with E-state index in [2.05, 4.69) is 27.6 Å². The lowest BCUT2D eigenvalue weighted by Crippen LogP contribution is -1.97. The number of rotatable bonds is 4. The van der Waals surface area contributed by atoms with Crippen LogP contribution in [0.25, 0.3) is 11.5 Å². The SMILES string of the molecule is Ic1ccccc1OCc1coc(-c2ccccc2)n1. The highest BCUT2D eigenvalue weighted by Crippen LogP contribution is 2.22. The van der Waals surface area contributed by atoms with E-state index in [-0.39, 0.29) is 0 Å². The Labute approximate surface area is 130 Å². The van der Waals surface area contributed by atoms with Crippen molar-refractivity contribution in [2.75, 3.05) is 0 Å². The van der Waals surface area contributed by atoms with Crippen molar-refractivity contribution < 1.29 is 9.15 Å². The molecule has 1 aromatic heterocycles. The molecule has 0 spiro atoms. The van der Waals surface area contributed by atoms with Crippen molar-refractivity contribution in [3.63, 3.8) is 0 Å². The number of halogens is 1. The van der Waals surface area contributed by atoms with Gasteiger partial charge in [0.25, 0.3) is 0 Å². The average Bonchev–Trinajstić information content (AvgIpc) is 2.96. The zero-order valence-corrected chi connectivity index (χ0v) is 12.8. The van der Waals surface area contributed by atoms with Gasteiger partial charge in [-0.15, -0.1) is 0 Å². The number of hydrogen-bond donors (Lipinski definition) is 0. The van der Waals surface area contributed by atoms with Gasteiger partial charge in [-0.3, -0.25) is 0 Å². The third-order valence-electron chi connectivity index (χ3n) is 2.78. The third kappa shape index (κ3) is 3.01. The number of hydrogen-bond acceptors (Lipinski definition) is 3. The molecule has 0 aliphatic carbocycles. The summed E-state index contributed by atoms with van der Waals surface area (Å²) in [6, 6.07) is 17.7. The molecular weight excluding hydrogens is 365 g/mol. The summed E-state index contributed by atoms with van der Waals surface area (Å²) >= 11 is 2.25. The van der Waals surface area contributed by atoms with Gasteiger partial charge in [-0.25, -0.2) is 4.98 Å². The molecule has 0 fully saturated rings. The minimum atomic E-state index is 0.399. The average molecular weight is 377 g/mol. The van der Waals surface area contributed by atoms with Gasteiger partial charge in [-0.1, -0.05) is 30.3 Å². The highest BCUT2D eigenvalue weighted by molar-refractivity contribution is 14.1. The van der Waals surface area contributed by atoms with Crippen molar-refractivity contribution in [1.29, 1.82) is 0 Å². The van der Waals surface area contributed by atoms with E-state index in [4.69, 9.17) is 9.15 Å². The van der Waals surface area contributed by atoms with Crippen LogP contribution in [-0.2, 0) is 6.61 Å². The van der Waals surface area contributed by atoms with Gasteiger partial charge in [-0.2, -0.15) is 0 Å². The standard InChI is InChI=1S/C16H12INO2/c17-14-8-4-5-9-15(14)19-10-13-11-20-16(18-13)12-6-2-1-3-7-12/h1-9,11H,10H2. The molecule has 20 heavy (non-hydrogen) atoms. The molecule has 2 aromatic carbocycles. The van der Waals surface area contributed by atoms with Gasteiger partial charge in [0.15, 0.2) is 0 Å². The molecule has 0 saturated carbocycles. The van der Waals surface area contributed by atoms with Crippen molar-refractivity contribution in [2.45, 2.75) is 6.61 Å². The van der Waals surface area contributed by atoms with Crippen LogP contribution in [-0.4, -0.2) is 4.98 Å². The summed E-state index contributed by atoms with van der Waals surface area (Å²) in [5, 5.41) is 0. The molecule has 0 radical (unpaired) electrons. The van der Waals surface area contributed by atoms with E-state index in [0.29, 0.717) is 12.5 Å². The lowest BCUT2D eigenvalue weighted by Gasteiger charge is -2.05. The van der Waals surface area contributed by atoms with Crippen LogP contribution < -0.4 is 4.74 Å². The second kappa shape index (κ2) is 6.09. The van der Waals surface area contributed by atoms with Gasteiger partial charge in [0.1, 0.15) is 24.3 Å². The largest absolute Gasteiger partial charge is 0.486 e. The van der Waals surface area contributed by atoms with E-state index in [9.17, 15) is 0 Å². The van der Waals surface area contributed by atoms with Gasteiger partial charge < -0.3 is 9.15 Å². The van der Waals surface area contributed by atoms with Gasteiger partial charge in [0.05, 0.1) is 3.57 Å². The smallest absolute Gasteiger partial charge is 0.226 e. The molecule has 0 bridgehead atoms. The molecule has 0 atom stereocenters. The van der Waals surface area contributed by atoms with Crippen molar-refractivity contribution >= 4 is 22.6 Å². The predicted molar refractivity (Wildman–Crippen MR) is 85.4 cm³/mol. The number of ether oxygens (including phenoxy) is 1. The summed E-state index contributed by atoms with van der Waals surface area (Å²) < 4.78 is 12.3. The normalized spacial score (nSPS) is 10.4. The van der Waals surface area contributed by atoms with Crippen LogP contribution in [0.4, 0.5) is 0 Å². The highest BCUT2D eigenvalue weighted by Gasteiger charge is 2.07. The summed E-state index contributed by atoms with van der Waals surface area (Å²) in [5.74, 6) is 1.48. The molecule has 0 aliphatic rings. The monoisotopic (exact) mass is 377 g/mol. The lowest BCUT2D eigenvalue weighted by molar-refractivity contribution is 0.299. The van der Waals surface area contributed by atoms with Gasteiger partial charge >= 0.3 is 0 Å². The Balaban J connectivity index is 1.71. The quantitative estimate of drug-likeness (QED) is 0.627. The van der Waals surface area contributed by atoms with Crippen molar-refractivity contribution in [2.24, 2.45) is 0 Å². The third-order valence-corrected chi connectivity index (χ3v) is 3.68. The molecule has 100 valence electrons. The Morgan fingerprint density at radius 3 is 2.55 bits per heavy atom. The summed E-state index contributed by atoms with van der Waals surface area (Å²) in [5.41, 5.74) is 1.75. The van der Waals surface area contributed by atoms with E-state index < -0.39 is 0 Å². The van der Waals surface area contributed by atoms with Crippen LogP contribution in [0.5, 0.6) is 5.75 Å². The van der Waals surface area contributed by atoms with Gasteiger partial charge in [0, 0.05) is 5.56 Å². The van der Waals surface area contributed by atoms with E-state index >= 15 is 0 Å². The Morgan fingerprint density at radius 1 is 1.00 bits per heavy atom. The van der Waals surface area contributed by atoms with Crippen LogP contribution >= 0.6 is 22.6 Å². The first-order valence-electron chi connectivity index (χ1n) is 6.20. The van der Waals surface area contributed by atoms with Crippen LogP contribution in [0.1, 0.15) is 5.69 Å². The second-order valence-corrected chi connectivity index (χ2v) is 5.39. The molecule has 3 aromatic rings. The number of oxazole rings is 1. The molecule has 0 unspecified atom stereocenters. The van der Waals surface area contributed by atoms with E-state index in [1.54, 1.807) is 6.26 Å². The Morgan fingerprint density at radius 2 is 1.75 bits per heavy atom. The molecule has 0 aliphatic heterocycles. The number of para-hydroxylation sites is 1. The maximum absolute atomic E-state index is 5.74. The number of aromatic nitrogens is 1. The van der Waals surface area contributed by atoms with Crippen LogP contribution in [0.3, 0.4) is 0 Å². The molecule has 3 nitrogen and oxygen atoms in total. The van der Waals surface area contributed by atoms with Gasteiger partial charge in [-0.05, 0) is 46.9 Å². The lowest BCUT2D eigenvalue weighted by atomic mass is 10.2. The predicted octanol–water partition coefficient (Wildman–Crippen LogP) is 4.53. The molecule has 0 saturated heterocycles. The first-order valence-corrected chi connectivity index (χ1v) is 7.28. The van der Waals surface area contributed by atoms with Crippen LogP contribution in [0.2, 0.25) is 0 Å². The molecular formula is C16H12INO2. The minimum Gasteiger partial charge on any atom is -0.486 e. The fraction of sp³-hybridized carbons (Fsp3) is 0.0625. The zero-order chi connectivity index (χ0) is 13.8. The topological polar surface area (TPSA) is 35.3 Å². The summed E-state index contributed by atoms with van der Waals surface area (Å²) in [6.07, 6.45) is 1.64. The van der Waals surface area contributed by atoms with Crippen LogP contribution in [0, 0.1) is 3.57 Å². The molecule has 3 rings (SSSR count).